The standard InChI is InChI=1S/C22H29NO2.ClH/c1-16(2)23(17(3)4)13-12-20(19-8-6-5-7-9-19)21-14-18(15-24)10-11-22(21)25;/h5-11,14-17,20,25H,12-13H2,1-4H3;1H/t20-;/m1./s1. The lowest BCUT2D eigenvalue weighted by Gasteiger charge is -2.32. The average molecular weight is 376 g/mol. The minimum Gasteiger partial charge on any atom is -0.508 e. The fourth-order valence-electron chi connectivity index (χ4n) is 3.50. The lowest BCUT2D eigenvalue weighted by molar-refractivity contribution is 0.112. The van der Waals surface area contributed by atoms with Gasteiger partial charge in [0.05, 0.1) is 0 Å². The number of carbonyl (C=O) groups is 1. The van der Waals surface area contributed by atoms with E-state index in [-0.39, 0.29) is 24.1 Å². The van der Waals surface area contributed by atoms with Crippen molar-refractivity contribution >= 4 is 18.7 Å². The number of aromatic hydroxyl groups is 1. The molecule has 0 fully saturated rings. The molecule has 0 amide bonds. The summed E-state index contributed by atoms with van der Waals surface area (Å²) >= 11 is 0. The van der Waals surface area contributed by atoms with Crippen LogP contribution in [0.15, 0.2) is 48.5 Å². The lowest BCUT2D eigenvalue weighted by atomic mass is 9.86. The Bertz CT molecular complexity index is 678. The number of rotatable bonds is 8. The van der Waals surface area contributed by atoms with Gasteiger partial charge in [0, 0.05) is 29.1 Å². The van der Waals surface area contributed by atoms with E-state index in [9.17, 15) is 9.90 Å². The highest BCUT2D eigenvalue weighted by Crippen LogP contribution is 2.34. The van der Waals surface area contributed by atoms with Crippen LogP contribution in [0, 0.1) is 0 Å². The monoisotopic (exact) mass is 375 g/mol. The molecule has 0 heterocycles. The predicted molar refractivity (Wildman–Crippen MR) is 111 cm³/mol. The highest BCUT2D eigenvalue weighted by Gasteiger charge is 2.21. The molecule has 4 heteroatoms. The predicted octanol–water partition coefficient (Wildman–Crippen LogP) is 5.27. The Hall–Kier alpha value is -1.84. The largest absolute Gasteiger partial charge is 0.508 e. The first-order chi connectivity index (χ1) is 11.9. The van der Waals surface area contributed by atoms with Crippen molar-refractivity contribution in [3.05, 3.63) is 65.2 Å². The van der Waals surface area contributed by atoms with E-state index in [1.165, 1.54) is 0 Å². The summed E-state index contributed by atoms with van der Waals surface area (Å²) in [5.41, 5.74) is 2.58. The van der Waals surface area contributed by atoms with E-state index in [1.807, 2.05) is 24.3 Å². The lowest BCUT2D eigenvalue weighted by Crippen LogP contribution is -2.38. The quantitative estimate of drug-likeness (QED) is 0.639. The molecule has 2 aromatic rings. The maximum absolute atomic E-state index is 11.2. The summed E-state index contributed by atoms with van der Waals surface area (Å²) in [5, 5.41) is 10.4. The minimum absolute atomic E-state index is 0. The Morgan fingerprint density at radius 3 is 2.15 bits per heavy atom. The van der Waals surface area contributed by atoms with Gasteiger partial charge in [-0.25, -0.2) is 0 Å². The van der Waals surface area contributed by atoms with Crippen molar-refractivity contribution in [3.8, 4) is 5.75 Å². The zero-order chi connectivity index (χ0) is 18.4. The molecule has 0 aliphatic rings. The van der Waals surface area contributed by atoms with Crippen LogP contribution in [0.4, 0.5) is 0 Å². The number of aldehydes is 1. The normalized spacial score (nSPS) is 12.3. The van der Waals surface area contributed by atoms with Crippen LogP contribution in [-0.2, 0) is 0 Å². The van der Waals surface area contributed by atoms with Crippen LogP contribution in [0.2, 0.25) is 0 Å². The van der Waals surface area contributed by atoms with Crippen LogP contribution in [-0.4, -0.2) is 34.9 Å². The van der Waals surface area contributed by atoms with E-state index in [0.29, 0.717) is 17.6 Å². The third-order valence-electron chi connectivity index (χ3n) is 4.77. The van der Waals surface area contributed by atoms with E-state index in [2.05, 4.69) is 44.7 Å². The molecule has 0 saturated heterocycles. The Morgan fingerprint density at radius 2 is 1.62 bits per heavy atom. The van der Waals surface area contributed by atoms with Gasteiger partial charge in [0.25, 0.3) is 0 Å². The van der Waals surface area contributed by atoms with Crippen LogP contribution in [0.25, 0.3) is 0 Å². The summed E-state index contributed by atoms with van der Waals surface area (Å²) in [6, 6.07) is 16.2. The second-order valence-corrected chi connectivity index (χ2v) is 7.11. The van der Waals surface area contributed by atoms with E-state index >= 15 is 0 Å². The molecule has 2 rings (SSSR count). The molecule has 0 unspecified atom stereocenters. The SMILES string of the molecule is CC(C)N(CC[C@H](c1ccccc1)c1cc(C=O)ccc1O)C(C)C.Cl. The molecule has 142 valence electrons. The van der Waals surface area contributed by atoms with Gasteiger partial charge >= 0.3 is 0 Å². The van der Waals surface area contributed by atoms with Gasteiger partial charge in [-0.15, -0.1) is 12.4 Å². The average Bonchev–Trinajstić information content (AvgIpc) is 2.59. The zero-order valence-corrected chi connectivity index (χ0v) is 16.9. The zero-order valence-electron chi connectivity index (χ0n) is 16.1. The first-order valence-corrected chi connectivity index (χ1v) is 9.02. The fourth-order valence-corrected chi connectivity index (χ4v) is 3.50. The number of phenolic OH excluding ortho intramolecular Hbond substituents is 1. The van der Waals surface area contributed by atoms with Gasteiger partial charge in [0.2, 0.25) is 0 Å². The number of halogens is 1. The summed E-state index contributed by atoms with van der Waals surface area (Å²) in [6.45, 7) is 9.77. The minimum atomic E-state index is 0. The molecule has 0 bridgehead atoms. The summed E-state index contributed by atoms with van der Waals surface area (Å²) in [6.07, 6.45) is 1.72. The Balaban J connectivity index is 0.00000338. The number of nitrogens with zero attached hydrogens (tertiary/aromatic N) is 1. The van der Waals surface area contributed by atoms with E-state index in [4.69, 9.17) is 0 Å². The van der Waals surface area contributed by atoms with E-state index in [1.54, 1.807) is 12.1 Å². The number of benzene rings is 2. The highest BCUT2D eigenvalue weighted by atomic mass is 35.5. The maximum Gasteiger partial charge on any atom is 0.150 e. The van der Waals surface area contributed by atoms with Crippen LogP contribution >= 0.6 is 12.4 Å². The van der Waals surface area contributed by atoms with Gasteiger partial charge in [-0.3, -0.25) is 9.69 Å². The van der Waals surface area contributed by atoms with Crippen molar-refractivity contribution in [1.29, 1.82) is 0 Å². The van der Waals surface area contributed by atoms with Gasteiger partial charge in [-0.1, -0.05) is 30.3 Å². The molecule has 0 aromatic heterocycles. The van der Waals surface area contributed by atoms with Crippen LogP contribution in [0.3, 0.4) is 0 Å². The maximum atomic E-state index is 11.2. The number of hydrogen-bond acceptors (Lipinski definition) is 3. The molecule has 1 N–H and O–H groups in total. The molecular formula is C22H30ClNO2. The number of hydrogen-bond donors (Lipinski definition) is 1. The Kier molecular flexibility index (Phi) is 8.83. The summed E-state index contributed by atoms with van der Waals surface area (Å²) in [4.78, 5) is 13.6. The van der Waals surface area contributed by atoms with E-state index < -0.39 is 0 Å². The smallest absolute Gasteiger partial charge is 0.150 e. The van der Waals surface area contributed by atoms with Gasteiger partial charge in [0.1, 0.15) is 12.0 Å². The molecule has 0 aliphatic carbocycles. The number of carbonyl (C=O) groups excluding carboxylic acids is 1. The van der Waals surface area contributed by atoms with Crippen molar-refractivity contribution in [2.75, 3.05) is 6.54 Å². The van der Waals surface area contributed by atoms with Crippen LogP contribution in [0.5, 0.6) is 5.75 Å². The highest BCUT2D eigenvalue weighted by molar-refractivity contribution is 5.85. The van der Waals surface area contributed by atoms with E-state index in [0.717, 1.165) is 30.4 Å². The Morgan fingerprint density at radius 1 is 1.00 bits per heavy atom. The third kappa shape index (κ3) is 5.58. The van der Waals surface area contributed by atoms with Gasteiger partial charge < -0.3 is 5.11 Å². The first-order valence-electron chi connectivity index (χ1n) is 9.02. The second kappa shape index (κ2) is 10.3. The fraction of sp³-hybridized carbons (Fsp3) is 0.409. The summed E-state index contributed by atoms with van der Waals surface area (Å²) in [7, 11) is 0. The van der Waals surface area contributed by atoms with Gasteiger partial charge in [-0.2, -0.15) is 0 Å². The van der Waals surface area contributed by atoms with Gasteiger partial charge in [0.15, 0.2) is 0 Å². The molecule has 2 aromatic carbocycles. The molecule has 0 aliphatic heterocycles. The van der Waals surface area contributed by atoms with Crippen molar-refractivity contribution in [2.45, 2.75) is 52.1 Å². The molecule has 26 heavy (non-hydrogen) atoms. The first kappa shape index (κ1) is 22.2. The van der Waals surface area contributed by atoms with Crippen molar-refractivity contribution in [3.63, 3.8) is 0 Å². The molecule has 0 spiro atoms. The summed E-state index contributed by atoms with van der Waals surface area (Å²) < 4.78 is 0. The van der Waals surface area contributed by atoms with Crippen molar-refractivity contribution in [2.24, 2.45) is 0 Å². The molecule has 1 atom stereocenters. The van der Waals surface area contributed by atoms with Crippen LogP contribution < -0.4 is 0 Å². The van der Waals surface area contributed by atoms with Crippen molar-refractivity contribution in [1.82, 2.24) is 4.90 Å². The van der Waals surface area contributed by atoms with Crippen molar-refractivity contribution < 1.29 is 9.90 Å². The second-order valence-electron chi connectivity index (χ2n) is 7.11. The van der Waals surface area contributed by atoms with Gasteiger partial charge in [-0.05, 0) is 64.4 Å². The topological polar surface area (TPSA) is 40.5 Å². The molecular weight excluding hydrogens is 346 g/mol. The molecule has 3 nitrogen and oxygen atoms in total. The molecule has 0 saturated carbocycles. The van der Waals surface area contributed by atoms with Crippen LogP contribution in [0.1, 0.15) is 61.5 Å². The third-order valence-corrected chi connectivity index (χ3v) is 4.77. The summed E-state index contributed by atoms with van der Waals surface area (Å²) in [5.74, 6) is 0.307. The molecule has 0 radical (unpaired) electrons. The number of phenols is 1. The Labute approximate surface area is 163 Å².